The van der Waals surface area contributed by atoms with Crippen LogP contribution >= 0.6 is 34.8 Å². The molecule has 0 bridgehead atoms. The van der Waals surface area contributed by atoms with Crippen molar-refractivity contribution in [2.45, 2.75) is 17.0 Å². The number of carbonyl (C=O) groups is 2. The number of benzene rings is 2. The molecule has 0 spiro atoms. The third kappa shape index (κ3) is 6.57. The molecule has 2 rings (SSSR count). The summed E-state index contributed by atoms with van der Waals surface area (Å²) in [5.74, 6) is -1.51. The van der Waals surface area contributed by atoms with E-state index in [2.05, 4.69) is 5.32 Å². The molecular formula is C18H15Cl3N2O6. The highest BCUT2D eigenvalue weighted by molar-refractivity contribution is 6.53. The smallest absolute Gasteiger partial charge is 0.338 e. The number of alkyl halides is 2. The number of esters is 1. The number of nitro benzene ring substituents is 1. The largest absolute Gasteiger partial charge is 0.460 e. The molecule has 154 valence electrons. The molecule has 8 nitrogen and oxygen atoms in total. The fourth-order valence-electron chi connectivity index (χ4n) is 2.32. The predicted octanol–water partition coefficient (Wildman–Crippen LogP) is 3.43. The van der Waals surface area contributed by atoms with Gasteiger partial charge in [-0.3, -0.25) is 14.9 Å². The lowest BCUT2D eigenvalue weighted by molar-refractivity contribution is -0.384. The van der Waals surface area contributed by atoms with E-state index in [4.69, 9.17) is 39.5 Å². The number of carbonyl (C=O) groups excluding carboxylic acids is 2. The Balaban J connectivity index is 2.14. The topological polar surface area (TPSA) is 119 Å². The number of nitrogens with one attached hydrogen (secondary N) is 1. The first kappa shape index (κ1) is 22.9. The van der Waals surface area contributed by atoms with Crippen molar-refractivity contribution in [3.05, 3.63) is 74.8 Å². The van der Waals surface area contributed by atoms with E-state index in [1.165, 1.54) is 48.5 Å². The van der Waals surface area contributed by atoms with E-state index >= 15 is 0 Å². The van der Waals surface area contributed by atoms with Crippen LogP contribution in [0.5, 0.6) is 0 Å². The van der Waals surface area contributed by atoms with Crippen LogP contribution in [0.3, 0.4) is 0 Å². The van der Waals surface area contributed by atoms with Crippen molar-refractivity contribution < 1.29 is 24.4 Å². The number of non-ortho nitro benzene ring substituents is 1. The molecule has 2 N–H and O–H groups in total. The minimum atomic E-state index is -1.41. The Morgan fingerprint density at radius 3 is 2.21 bits per heavy atom. The molecule has 0 saturated heterocycles. The maximum atomic E-state index is 12.2. The Kier molecular flexibility index (Phi) is 8.21. The van der Waals surface area contributed by atoms with E-state index < -0.39 is 40.4 Å². The summed E-state index contributed by atoms with van der Waals surface area (Å²) in [6, 6.07) is 9.86. The quantitative estimate of drug-likeness (QED) is 0.269. The summed E-state index contributed by atoms with van der Waals surface area (Å²) >= 11 is 16.8. The van der Waals surface area contributed by atoms with Crippen molar-refractivity contribution in [1.29, 1.82) is 0 Å². The molecule has 0 aromatic heterocycles. The fourth-order valence-corrected chi connectivity index (χ4v) is 2.57. The van der Waals surface area contributed by atoms with Crippen molar-refractivity contribution >= 4 is 52.4 Å². The van der Waals surface area contributed by atoms with Gasteiger partial charge in [0, 0.05) is 17.2 Å². The number of aliphatic hydroxyl groups excluding tert-OH is 1. The number of nitro groups is 1. The molecule has 0 fully saturated rings. The number of hydrogen-bond donors (Lipinski definition) is 2. The van der Waals surface area contributed by atoms with Crippen molar-refractivity contribution in [3.63, 3.8) is 0 Å². The normalized spacial score (nSPS) is 12.9. The molecule has 0 heterocycles. The summed E-state index contributed by atoms with van der Waals surface area (Å²) in [7, 11) is 0. The molecule has 0 saturated carbocycles. The molecule has 11 heteroatoms. The predicted molar refractivity (Wildman–Crippen MR) is 107 cm³/mol. The zero-order chi connectivity index (χ0) is 21.6. The third-order valence-corrected chi connectivity index (χ3v) is 4.47. The maximum Gasteiger partial charge on any atom is 0.338 e. The lowest BCUT2D eigenvalue weighted by Gasteiger charge is -2.24. The maximum absolute atomic E-state index is 12.2. The summed E-state index contributed by atoms with van der Waals surface area (Å²) in [5.41, 5.74) is 0.304. The van der Waals surface area contributed by atoms with Gasteiger partial charge in [-0.15, -0.1) is 0 Å². The minimum absolute atomic E-state index is 0.169. The summed E-state index contributed by atoms with van der Waals surface area (Å²) < 4.78 is 5.16. The Bertz CT molecular complexity index is 874. The van der Waals surface area contributed by atoms with Crippen LogP contribution in [0.15, 0.2) is 48.5 Å². The van der Waals surface area contributed by atoms with Gasteiger partial charge in [0.25, 0.3) is 11.6 Å². The fraction of sp³-hybridized carbons (Fsp3) is 0.222. The van der Waals surface area contributed by atoms with E-state index in [9.17, 15) is 24.8 Å². The molecule has 0 radical (unpaired) electrons. The van der Waals surface area contributed by atoms with E-state index in [1.54, 1.807) is 0 Å². The van der Waals surface area contributed by atoms with Gasteiger partial charge in [0.05, 0.1) is 16.5 Å². The van der Waals surface area contributed by atoms with Crippen LogP contribution in [-0.2, 0) is 9.53 Å². The zero-order valence-electron chi connectivity index (χ0n) is 14.6. The van der Waals surface area contributed by atoms with Gasteiger partial charge in [0.2, 0.25) is 0 Å². The average molecular weight is 462 g/mol. The first-order chi connectivity index (χ1) is 13.7. The molecular weight excluding hydrogens is 447 g/mol. The lowest BCUT2D eigenvalue weighted by Crippen LogP contribution is -2.45. The van der Waals surface area contributed by atoms with Crippen LogP contribution in [0.4, 0.5) is 5.69 Å². The number of amides is 1. The molecule has 1 amide bonds. The Hall–Kier alpha value is -2.39. The van der Waals surface area contributed by atoms with Crippen molar-refractivity contribution in [3.8, 4) is 0 Å². The van der Waals surface area contributed by atoms with Crippen molar-refractivity contribution in [1.82, 2.24) is 5.32 Å². The molecule has 2 atom stereocenters. The number of nitrogens with zero attached hydrogens (tertiary/aromatic N) is 1. The highest BCUT2D eigenvalue weighted by atomic mass is 35.5. The van der Waals surface area contributed by atoms with Gasteiger partial charge in [-0.25, -0.2) is 4.79 Å². The first-order valence-electron chi connectivity index (χ1n) is 8.12. The average Bonchev–Trinajstić information content (AvgIpc) is 2.70. The van der Waals surface area contributed by atoms with Crippen LogP contribution in [0, 0.1) is 10.1 Å². The van der Waals surface area contributed by atoms with Crippen molar-refractivity contribution in [2.75, 3.05) is 6.61 Å². The number of rotatable bonds is 8. The number of halogens is 3. The monoisotopic (exact) mass is 460 g/mol. The highest BCUT2D eigenvalue weighted by Crippen LogP contribution is 2.22. The van der Waals surface area contributed by atoms with Crippen LogP contribution in [-0.4, -0.2) is 39.4 Å². The second-order valence-electron chi connectivity index (χ2n) is 5.81. The van der Waals surface area contributed by atoms with Gasteiger partial charge in [-0.1, -0.05) is 34.8 Å². The molecule has 0 aliphatic rings. The summed E-state index contributed by atoms with van der Waals surface area (Å²) in [6.07, 6.45) is -1.36. The lowest BCUT2D eigenvalue weighted by atomic mass is 10.0. The van der Waals surface area contributed by atoms with E-state index in [1.807, 2.05) is 0 Å². The van der Waals surface area contributed by atoms with Gasteiger partial charge in [0.15, 0.2) is 4.84 Å². The van der Waals surface area contributed by atoms with Gasteiger partial charge in [0.1, 0.15) is 12.7 Å². The SMILES string of the molecule is O=C(OC[C@@H](NC(=O)C(Cl)Cl)[C@H](O)c1ccc([N+](=O)[O-])cc1)c1ccc(Cl)cc1. The van der Waals surface area contributed by atoms with E-state index in [0.717, 1.165) is 0 Å². The highest BCUT2D eigenvalue weighted by Gasteiger charge is 2.27. The van der Waals surface area contributed by atoms with Gasteiger partial charge < -0.3 is 15.2 Å². The molecule has 0 unspecified atom stereocenters. The summed E-state index contributed by atoms with van der Waals surface area (Å²) in [4.78, 5) is 32.8. The minimum Gasteiger partial charge on any atom is -0.460 e. The molecule has 2 aromatic rings. The van der Waals surface area contributed by atoms with Crippen molar-refractivity contribution in [2.24, 2.45) is 0 Å². The molecule has 0 aliphatic heterocycles. The molecule has 0 aliphatic carbocycles. The number of hydrogen-bond acceptors (Lipinski definition) is 6. The summed E-state index contributed by atoms with van der Waals surface area (Å²) in [6.45, 7) is -0.411. The third-order valence-electron chi connectivity index (χ3n) is 3.83. The number of aliphatic hydroxyl groups is 1. The van der Waals surface area contributed by atoms with Crippen LogP contribution < -0.4 is 5.32 Å². The Labute approximate surface area is 180 Å². The Morgan fingerprint density at radius 1 is 1.10 bits per heavy atom. The summed E-state index contributed by atoms with van der Waals surface area (Å²) in [5, 5.41) is 24.2. The Morgan fingerprint density at radius 2 is 1.69 bits per heavy atom. The van der Waals surface area contributed by atoms with E-state index in [0.29, 0.717) is 5.02 Å². The van der Waals surface area contributed by atoms with E-state index in [-0.39, 0.29) is 16.8 Å². The van der Waals surface area contributed by atoms with Crippen LogP contribution in [0.1, 0.15) is 22.0 Å². The molecule has 29 heavy (non-hydrogen) atoms. The van der Waals surface area contributed by atoms with Gasteiger partial charge in [-0.2, -0.15) is 0 Å². The zero-order valence-corrected chi connectivity index (χ0v) is 16.9. The van der Waals surface area contributed by atoms with Gasteiger partial charge >= 0.3 is 5.97 Å². The standard InChI is InChI=1S/C18H15Cl3N2O6/c19-12-5-1-11(2-6-12)18(26)29-9-14(22-17(25)16(20)21)15(24)10-3-7-13(8-4-10)23(27)28/h1-8,14-16,24H,9H2,(H,22,25)/t14-,15-/m1/s1. The van der Waals surface area contributed by atoms with Crippen LogP contribution in [0.25, 0.3) is 0 Å². The number of ether oxygens (including phenoxy) is 1. The van der Waals surface area contributed by atoms with Gasteiger partial charge in [-0.05, 0) is 42.0 Å². The molecule has 2 aromatic carbocycles. The second kappa shape index (κ2) is 10.4. The van der Waals surface area contributed by atoms with Crippen LogP contribution in [0.2, 0.25) is 5.02 Å². The second-order valence-corrected chi connectivity index (χ2v) is 7.35. The first-order valence-corrected chi connectivity index (χ1v) is 9.37.